The second-order valence-corrected chi connectivity index (χ2v) is 10.4. The monoisotopic (exact) mass is 628 g/mol. The van der Waals surface area contributed by atoms with Gasteiger partial charge in [0, 0.05) is 12.6 Å². The van der Waals surface area contributed by atoms with Crippen LogP contribution in [0.25, 0.3) is 0 Å². The second kappa shape index (κ2) is 12.5. The summed E-state index contributed by atoms with van der Waals surface area (Å²) >= 11 is 0. The SMILES string of the molecule is CCOC(=O)N1c2ccc(C(F)(F)F)cc2C(N(Cc2cc(C(F)(F)F)cc(C(F)(F)F)c2)C(=O)OC)CC1CC(C)C. The van der Waals surface area contributed by atoms with E-state index in [1.807, 2.05) is 0 Å². The predicted molar refractivity (Wildman–Crippen MR) is 136 cm³/mol. The highest BCUT2D eigenvalue weighted by atomic mass is 19.4. The number of hydrogen-bond donors (Lipinski definition) is 0. The number of nitrogens with zero attached hydrogens (tertiary/aromatic N) is 2. The molecule has 0 fully saturated rings. The molecule has 2 unspecified atom stereocenters. The number of hydrogen-bond acceptors (Lipinski definition) is 4. The average molecular weight is 629 g/mol. The number of amides is 2. The fourth-order valence-corrected chi connectivity index (χ4v) is 5.11. The number of benzene rings is 2. The first-order valence-electron chi connectivity index (χ1n) is 13.1. The topological polar surface area (TPSA) is 59.1 Å². The van der Waals surface area contributed by atoms with Crippen molar-refractivity contribution in [2.75, 3.05) is 18.6 Å². The Bertz CT molecular complexity index is 1290. The summed E-state index contributed by atoms with van der Waals surface area (Å²) < 4.78 is 132. The Kier molecular flexibility index (Phi) is 9.86. The maximum absolute atomic E-state index is 13.8. The molecule has 2 amide bonds. The molecule has 1 heterocycles. The Morgan fingerprint density at radius 1 is 0.907 bits per heavy atom. The molecule has 1 aliphatic heterocycles. The summed E-state index contributed by atoms with van der Waals surface area (Å²) in [5, 5.41) is 0. The number of anilines is 1. The van der Waals surface area contributed by atoms with Gasteiger partial charge in [-0.2, -0.15) is 39.5 Å². The first-order chi connectivity index (χ1) is 19.8. The van der Waals surface area contributed by atoms with Gasteiger partial charge in [0.15, 0.2) is 0 Å². The Morgan fingerprint density at radius 3 is 1.93 bits per heavy atom. The maximum atomic E-state index is 13.8. The highest BCUT2D eigenvalue weighted by Gasteiger charge is 2.44. The van der Waals surface area contributed by atoms with Crippen LogP contribution in [0.5, 0.6) is 0 Å². The van der Waals surface area contributed by atoms with Crippen LogP contribution in [-0.4, -0.2) is 36.8 Å². The van der Waals surface area contributed by atoms with Crippen LogP contribution in [0.3, 0.4) is 0 Å². The van der Waals surface area contributed by atoms with Crippen molar-refractivity contribution >= 4 is 17.9 Å². The van der Waals surface area contributed by atoms with Crippen molar-refractivity contribution in [3.63, 3.8) is 0 Å². The third kappa shape index (κ3) is 7.85. The first-order valence-corrected chi connectivity index (χ1v) is 13.1. The Hall–Kier alpha value is -3.65. The van der Waals surface area contributed by atoms with Crippen LogP contribution in [0.4, 0.5) is 54.8 Å². The molecule has 0 aliphatic carbocycles. The first kappa shape index (κ1) is 33.8. The van der Waals surface area contributed by atoms with Gasteiger partial charge in [-0.05, 0) is 73.2 Å². The molecule has 2 aromatic carbocycles. The molecule has 0 saturated heterocycles. The molecule has 2 atom stereocenters. The normalized spacial score (nSPS) is 17.5. The lowest BCUT2D eigenvalue weighted by Crippen LogP contribution is -2.49. The molecule has 0 bridgehead atoms. The molecule has 238 valence electrons. The smallest absolute Gasteiger partial charge is 0.416 e. The van der Waals surface area contributed by atoms with Gasteiger partial charge in [0.2, 0.25) is 0 Å². The lowest BCUT2D eigenvalue weighted by atomic mass is 9.85. The third-order valence-corrected chi connectivity index (χ3v) is 6.83. The van der Waals surface area contributed by atoms with Crippen molar-refractivity contribution in [2.45, 2.75) is 70.8 Å². The molecule has 0 spiro atoms. The third-order valence-electron chi connectivity index (χ3n) is 6.83. The van der Waals surface area contributed by atoms with Crippen LogP contribution in [0.15, 0.2) is 36.4 Å². The quantitative estimate of drug-likeness (QED) is 0.300. The molecular formula is C28H29F9N2O4. The predicted octanol–water partition coefficient (Wildman–Crippen LogP) is 8.83. The van der Waals surface area contributed by atoms with Gasteiger partial charge < -0.3 is 9.47 Å². The average Bonchev–Trinajstić information content (AvgIpc) is 2.88. The van der Waals surface area contributed by atoms with Crippen LogP contribution >= 0.6 is 0 Å². The number of fused-ring (bicyclic) bond motifs is 1. The van der Waals surface area contributed by atoms with E-state index in [1.54, 1.807) is 13.8 Å². The lowest BCUT2D eigenvalue weighted by Gasteiger charge is -2.44. The van der Waals surface area contributed by atoms with Gasteiger partial charge >= 0.3 is 30.7 Å². The van der Waals surface area contributed by atoms with Gasteiger partial charge in [0.1, 0.15) is 0 Å². The molecule has 0 aromatic heterocycles. The molecule has 0 N–H and O–H groups in total. The summed E-state index contributed by atoms with van der Waals surface area (Å²) in [6.45, 7) is 4.20. The van der Waals surface area contributed by atoms with E-state index < -0.39 is 71.6 Å². The Labute approximate surface area is 241 Å². The van der Waals surface area contributed by atoms with Crippen molar-refractivity contribution in [1.29, 1.82) is 0 Å². The second-order valence-electron chi connectivity index (χ2n) is 10.4. The number of rotatable bonds is 6. The van der Waals surface area contributed by atoms with E-state index in [4.69, 9.17) is 9.47 Å². The molecular weight excluding hydrogens is 599 g/mol. The minimum absolute atomic E-state index is 0.0534. The van der Waals surface area contributed by atoms with Crippen LogP contribution in [0.1, 0.15) is 67.5 Å². The molecule has 43 heavy (non-hydrogen) atoms. The Balaban J connectivity index is 2.26. The lowest BCUT2D eigenvalue weighted by molar-refractivity contribution is -0.143. The summed E-state index contributed by atoms with van der Waals surface area (Å²) in [5.74, 6) is -0.0806. The van der Waals surface area contributed by atoms with Crippen molar-refractivity contribution in [1.82, 2.24) is 4.90 Å². The number of methoxy groups -OCH3 is 1. The standard InChI is InChI=1S/C28H29F9N2O4/c1-5-43-25(41)39-20(8-15(2)3)13-23(21-12-17(26(29,30)31)6-7-22(21)39)38(24(40)42-4)14-16-9-18(27(32,33)34)11-19(10-16)28(35,36)37/h6-7,9-12,15,20,23H,5,8,13-14H2,1-4H3. The van der Waals surface area contributed by atoms with Gasteiger partial charge in [0.05, 0.1) is 42.1 Å². The number of carbonyl (C=O) groups is 2. The van der Waals surface area contributed by atoms with Gasteiger partial charge in [0.25, 0.3) is 0 Å². The maximum Gasteiger partial charge on any atom is 0.416 e. The molecule has 2 aromatic rings. The summed E-state index contributed by atoms with van der Waals surface area (Å²) in [7, 11) is 0.912. The Morgan fingerprint density at radius 2 is 1.47 bits per heavy atom. The number of carbonyl (C=O) groups excluding carboxylic acids is 2. The van der Waals surface area contributed by atoms with E-state index in [0.717, 1.165) is 29.0 Å². The molecule has 15 heteroatoms. The van der Waals surface area contributed by atoms with Crippen LogP contribution in [-0.2, 0) is 34.5 Å². The highest BCUT2D eigenvalue weighted by molar-refractivity contribution is 5.90. The molecule has 0 radical (unpaired) electrons. The fourth-order valence-electron chi connectivity index (χ4n) is 5.11. The van der Waals surface area contributed by atoms with Crippen molar-refractivity contribution in [3.05, 3.63) is 64.2 Å². The number of alkyl halides is 9. The zero-order valence-electron chi connectivity index (χ0n) is 23.5. The minimum atomic E-state index is -5.17. The van der Waals surface area contributed by atoms with Crippen molar-refractivity contribution in [3.8, 4) is 0 Å². The van der Waals surface area contributed by atoms with E-state index in [0.29, 0.717) is 18.2 Å². The number of ether oxygens (including phenoxy) is 2. The van der Waals surface area contributed by atoms with Crippen molar-refractivity contribution in [2.24, 2.45) is 5.92 Å². The molecule has 1 aliphatic rings. The molecule has 3 rings (SSSR count). The van der Waals surface area contributed by atoms with Gasteiger partial charge in [-0.25, -0.2) is 9.59 Å². The van der Waals surface area contributed by atoms with E-state index in [2.05, 4.69) is 0 Å². The van der Waals surface area contributed by atoms with E-state index in [-0.39, 0.29) is 42.7 Å². The largest absolute Gasteiger partial charge is 0.453 e. The van der Waals surface area contributed by atoms with Gasteiger partial charge in [-0.15, -0.1) is 0 Å². The molecule has 0 saturated carbocycles. The summed E-state index contributed by atoms with van der Waals surface area (Å²) in [5.41, 5.74) is -5.26. The van der Waals surface area contributed by atoms with Crippen LogP contribution in [0, 0.1) is 5.92 Å². The van der Waals surface area contributed by atoms with E-state index in [1.165, 1.54) is 6.92 Å². The van der Waals surface area contributed by atoms with Gasteiger partial charge in [-0.1, -0.05) is 13.8 Å². The number of halogens is 9. The zero-order valence-corrected chi connectivity index (χ0v) is 23.5. The molecule has 6 nitrogen and oxygen atoms in total. The summed E-state index contributed by atoms with van der Waals surface area (Å²) in [6.07, 6.45) is -17.2. The van der Waals surface area contributed by atoms with Crippen molar-refractivity contribution < 1.29 is 58.6 Å². The zero-order chi connectivity index (χ0) is 32.5. The van der Waals surface area contributed by atoms with E-state index >= 15 is 0 Å². The summed E-state index contributed by atoms with van der Waals surface area (Å²) in [4.78, 5) is 28.0. The highest BCUT2D eigenvalue weighted by Crippen LogP contribution is 2.46. The summed E-state index contributed by atoms with van der Waals surface area (Å²) in [6, 6.07) is 1.11. The minimum Gasteiger partial charge on any atom is -0.453 e. The van der Waals surface area contributed by atoms with Crippen LogP contribution in [0.2, 0.25) is 0 Å². The fraction of sp³-hybridized carbons (Fsp3) is 0.500. The van der Waals surface area contributed by atoms with E-state index in [9.17, 15) is 49.1 Å². The van der Waals surface area contributed by atoms with Crippen LogP contribution < -0.4 is 4.90 Å². The van der Waals surface area contributed by atoms with Gasteiger partial charge in [-0.3, -0.25) is 9.80 Å².